The third-order valence-electron chi connectivity index (χ3n) is 5.39. The Morgan fingerprint density at radius 1 is 0.943 bits per heavy atom. The predicted octanol–water partition coefficient (Wildman–Crippen LogP) is 3.42. The summed E-state index contributed by atoms with van der Waals surface area (Å²) in [5, 5.41) is 7.65. The smallest absolute Gasteiger partial charge is 0.243 e. The van der Waals surface area contributed by atoms with Gasteiger partial charge in [-0.2, -0.15) is 0 Å². The first-order valence-corrected chi connectivity index (χ1v) is 12.4. The normalized spacial score (nSPS) is 12.2. The molecule has 2 aromatic heterocycles. The molecule has 0 fully saturated rings. The van der Waals surface area contributed by atoms with Crippen LogP contribution in [0.15, 0.2) is 60.9 Å². The maximum absolute atomic E-state index is 13.3. The topological polar surface area (TPSA) is 121 Å². The lowest BCUT2D eigenvalue weighted by atomic mass is 10.2. The Labute approximate surface area is 204 Å². The Hall–Kier alpha value is -3.99. The van der Waals surface area contributed by atoms with Crippen molar-refractivity contribution in [2.75, 3.05) is 18.9 Å². The highest BCUT2D eigenvalue weighted by Gasteiger charge is 2.28. The van der Waals surface area contributed by atoms with Crippen molar-refractivity contribution in [3.63, 3.8) is 0 Å². The molecular formula is C24H26N6O4S. The zero-order valence-electron chi connectivity index (χ0n) is 19.8. The number of methoxy groups -OCH3 is 2. The molecule has 0 aliphatic carbocycles. The number of aromatic nitrogens is 5. The quantitative estimate of drug-likeness (QED) is 0.376. The Morgan fingerprint density at radius 2 is 1.57 bits per heavy atom. The first-order valence-electron chi connectivity index (χ1n) is 10.9. The molecule has 1 atom stereocenters. The summed E-state index contributed by atoms with van der Waals surface area (Å²) in [7, 11) is -0.843. The minimum Gasteiger partial charge on any atom is -0.494 e. The summed E-state index contributed by atoms with van der Waals surface area (Å²) in [5.41, 5.74) is 2.10. The second-order valence-electron chi connectivity index (χ2n) is 7.90. The number of ether oxygens (including phenoxy) is 2. The zero-order valence-corrected chi connectivity index (χ0v) is 20.7. The van der Waals surface area contributed by atoms with Crippen molar-refractivity contribution >= 4 is 16.0 Å². The van der Waals surface area contributed by atoms with Crippen LogP contribution in [0.3, 0.4) is 0 Å². The molecule has 0 bridgehead atoms. The highest BCUT2D eigenvalue weighted by Crippen LogP contribution is 2.37. The average molecular weight is 495 g/mol. The van der Waals surface area contributed by atoms with Crippen molar-refractivity contribution in [2.45, 2.75) is 25.5 Å². The highest BCUT2D eigenvalue weighted by molar-refractivity contribution is 7.93. The number of aryl methyl sites for hydroxylation is 1. The van der Waals surface area contributed by atoms with Crippen LogP contribution in [0.1, 0.15) is 18.3 Å². The van der Waals surface area contributed by atoms with Crippen LogP contribution < -0.4 is 14.2 Å². The van der Waals surface area contributed by atoms with Gasteiger partial charge in [0.2, 0.25) is 16.0 Å². The Kier molecular flexibility index (Phi) is 6.97. The molecular weight excluding hydrogens is 468 g/mol. The monoisotopic (exact) mass is 494 g/mol. The van der Waals surface area contributed by atoms with Crippen LogP contribution in [-0.4, -0.2) is 52.6 Å². The number of hydrogen-bond donors (Lipinski definition) is 1. The van der Waals surface area contributed by atoms with Gasteiger partial charge in [-0.25, -0.2) is 18.4 Å². The van der Waals surface area contributed by atoms with E-state index in [0.29, 0.717) is 28.8 Å². The van der Waals surface area contributed by atoms with Gasteiger partial charge in [-0.15, -0.1) is 10.2 Å². The van der Waals surface area contributed by atoms with Crippen molar-refractivity contribution in [3.05, 3.63) is 72.3 Å². The SMILES string of the molecule is COc1cccc(OC)c1-n1c(NS(=O)(=O)[C@@H](C)Cc2ncc(C)cn2)nnc1-c1ccccc1. The molecule has 0 unspecified atom stereocenters. The summed E-state index contributed by atoms with van der Waals surface area (Å²) in [4.78, 5) is 8.45. The number of anilines is 1. The Bertz CT molecular complexity index is 1380. The van der Waals surface area contributed by atoms with Gasteiger partial charge in [-0.05, 0) is 31.5 Å². The Balaban J connectivity index is 1.79. The fraction of sp³-hybridized carbons (Fsp3) is 0.250. The van der Waals surface area contributed by atoms with Gasteiger partial charge in [0.25, 0.3) is 0 Å². The van der Waals surface area contributed by atoms with E-state index in [0.717, 1.165) is 11.1 Å². The summed E-state index contributed by atoms with van der Waals surface area (Å²) < 4.78 is 41.9. The minimum absolute atomic E-state index is 0.00308. The molecule has 4 aromatic rings. The van der Waals surface area contributed by atoms with Crippen LogP contribution >= 0.6 is 0 Å². The first-order chi connectivity index (χ1) is 16.8. The third kappa shape index (κ3) is 5.09. The average Bonchev–Trinajstić information content (AvgIpc) is 3.27. The lowest BCUT2D eigenvalue weighted by molar-refractivity contribution is 0.391. The van der Waals surface area contributed by atoms with E-state index < -0.39 is 15.3 Å². The van der Waals surface area contributed by atoms with Gasteiger partial charge in [0.1, 0.15) is 23.0 Å². The minimum atomic E-state index is -3.90. The fourth-order valence-electron chi connectivity index (χ4n) is 3.51. The van der Waals surface area contributed by atoms with E-state index in [1.54, 1.807) is 42.1 Å². The van der Waals surface area contributed by atoms with E-state index >= 15 is 0 Å². The van der Waals surface area contributed by atoms with Crippen molar-refractivity contribution in [1.82, 2.24) is 24.7 Å². The summed E-state index contributed by atoms with van der Waals surface area (Å²) >= 11 is 0. The largest absolute Gasteiger partial charge is 0.494 e. The standard InChI is InChI=1S/C24H26N6O4S/c1-16-14-25-21(26-15-16)13-17(2)35(31,32)29-24-28-27-23(18-9-6-5-7-10-18)30(24)22-19(33-3)11-8-12-20(22)34-4/h5-12,14-15,17H,13H2,1-4H3,(H,28,29)/t17-/m0/s1. The molecule has 2 aromatic carbocycles. The lowest BCUT2D eigenvalue weighted by Crippen LogP contribution is -2.29. The molecule has 4 rings (SSSR count). The van der Waals surface area contributed by atoms with E-state index in [2.05, 4.69) is 24.9 Å². The van der Waals surface area contributed by atoms with E-state index in [1.807, 2.05) is 37.3 Å². The predicted molar refractivity (Wildman–Crippen MR) is 132 cm³/mol. The zero-order chi connectivity index (χ0) is 25.0. The number of nitrogens with one attached hydrogen (secondary N) is 1. The molecule has 182 valence electrons. The molecule has 0 aliphatic heterocycles. The number of para-hydroxylation sites is 1. The molecule has 0 amide bonds. The molecule has 10 nitrogen and oxygen atoms in total. The highest BCUT2D eigenvalue weighted by atomic mass is 32.2. The van der Waals surface area contributed by atoms with Gasteiger partial charge < -0.3 is 9.47 Å². The van der Waals surface area contributed by atoms with Gasteiger partial charge in [-0.1, -0.05) is 36.4 Å². The van der Waals surface area contributed by atoms with Crippen LogP contribution in [0.5, 0.6) is 11.5 Å². The number of rotatable bonds is 9. The van der Waals surface area contributed by atoms with Crippen LogP contribution in [0.4, 0.5) is 5.95 Å². The van der Waals surface area contributed by atoms with E-state index in [4.69, 9.17) is 9.47 Å². The second-order valence-corrected chi connectivity index (χ2v) is 10.00. The summed E-state index contributed by atoms with van der Waals surface area (Å²) in [6.07, 6.45) is 3.45. The van der Waals surface area contributed by atoms with Gasteiger partial charge in [0.05, 0.1) is 19.5 Å². The van der Waals surface area contributed by atoms with Crippen LogP contribution in [-0.2, 0) is 16.4 Å². The molecule has 1 N–H and O–H groups in total. The number of nitrogens with zero attached hydrogens (tertiary/aromatic N) is 5. The van der Waals surface area contributed by atoms with Gasteiger partial charge >= 0.3 is 0 Å². The molecule has 0 radical (unpaired) electrons. The fourth-order valence-corrected chi connectivity index (χ4v) is 4.46. The number of hydrogen-bond acceptors (Lipinski definition) is 8. The molecule has 0 saturated carbocycles. The maximum Gasteiger partial charge on any atom is 0.243 e. The van der Waals surface area contributed by atoms with Crippen molar-refractivity contribution in [3.8, 4) is 28.6 Å². The van der Waals surface area contributed by atoms with Crippen LogP contribution in [0.25, 0.3) is 17.1 Å². The molecule has 0 saturated heterocycles. The molecule has 0 spiro atoms. The first kappa shape index (κ1) is 24.1. The Morgan fingerprint density at radius 3 is 2.17 bits per heavy atom. The van der Waals surface area contributed by atoms with E-state index in [1.165, 1.54) is 14.2 Å². The van der Waals surface area contributed by atoms with Crippen LogP contribution in [0, 0.1) is 6.92 Å². The van der Waals surface area contributed by atoms with Crippen molar-refractivity contribution in [2.24, 2.45) is 0 Å². The third-order valence-corrected chi connectivity index (χ3v) is 7.08. The maximum atomic E-state index is 13.3. The molecule has 2 heterocycles. The van der Waals surface area contributed by atoms with Crippen molar-refractivity contribution in [1.29, 1.82) is 0 Å². The summed E-state index contributed by atoms with van der Waals surface area (Å²) in [6, 6.07) is 14.6. The van der Waals surface area contributed by atoms with Gasteiger partial charge in [-0.3, -0.25) is 9.29 Å². The van der Waals surface area contributed by atoms with E-state index in [9.17, 15) is 8.42 Å². The van der Waals surface area contributed by atoms with Gasteiger partial charge in [0, 0.05) is 24.4 Å². The molecule has 11 heteroatoms. The van der Waals surface area contributed by atoms with Gasteiger partial charge in [0.15, 0.2) is 5.82 Å². The van der Waals surface area contributed by atoms with Crippen molar-refractivity contribution < 1.29 is 17.9 Å². The number of sulfonamides is 1. The number of benzene rings is 2. The van der Waals surface area contributed by atoms with Crippen LogP contribution in [0.2, 0.25) is 0 Å². The van der Waals surface area contributed by atoms with E-state index in [-0.39, 0.29) is 12.4 Å². The molecule has 0 aliphatic rings. The lowest BCUT2D eigenvalue weighted by Gasteiger charge is -2.19. The summed E-state index contributed by atoms with van der Waals surface area (Å²) in [5.74, 6) is 1.78. The molecule has 35 heavy (non-hydrogen) atoms. The summed E-state index contributed by atoms with van der Waals surface area (Å²) in [6.45, 7) is 3.46. The second kappa shape index (κ2) is 10.1.